The highest BCUT2D eigenvalue weighted by Crippen LogP contribution is 2.27. The lowest BCUT2D eigenvalue weighted by atomic mass is 10.1. The number of benzene rings is 3. The summed E-state index contributed by atoms with van der Waals surface area (Å²) in [5.74, 6) is 0.0840. The number of rotatable bonds is 4. The summed E-state index contributed by atoms with van der Waals surface area (Å²) in [6.07, 6.45) is 0. The molecule has 7 heteroatoms. The van der Waals surface area contributed by atoms with Crippen LogP contribution < -0.4 is 5.32 Å². The molecular formula is C23H19N3O4. The van der Waals surface area contributed by atoms with E-state index in [2.05, 4.69) is 10.3 Å². The van der Waals surface area contributed by atoms with Crippen LogP contribution in [0.3, 0.4) is 0 Å². The van der Waals surface area contributed by atoms with Crippen molar-refractivity contribution in [2.24, 2.45) is 0 Å². The van der Waals surface area contributed by atoms with Gasteiger partial charge in [0.15, 0.2) is 5.58 Å². The first kappa shape index (κ1) is 19.3. The van der Waals surface area contributed by atoms with Gasteiger partial charge >= 0.3 is 0 Å². The highest BCUT2D eigenvalue weighted by atomic mass is 16.6. The standard InChI is InChI=1S/C23H19N3O4/c1-13-4-5-17(12-20(13)26(28)29)22(27)24-18-8-6-16(7-9-18)23-25-19-10-14(2)15(3)11-21(19)30-23/h4-12H,1-3H3,(H,24,27). The first-order valence-electron chi connectivity index (χ1n) is 9.36. The van der Waals surface area contributed by atoms with Gasteiger partial charge in [0.25, 0.3) is 11.6 Å². The van der Waals surface area contributed by atoms with E-state index in [0.717, 1.165) is 27.8 Å². The third-order valence-corrected chi connectivity index (χ3v) is 5.06. The number of nitro groups is 1. The highest BCUT2D eigenvalue weighted by Gasteiger charge is 2.15. The van der Waals surface area contributed by atoms with Gasteiger partial charge in [0, 0.05) is 28.4 Å². The van der Waals surface area contributed by atoms with Crippen molar-refractivity contribution in [3.63, 3.8) is 0 Å². The van der Waals surface area contributed by atoms with Crippen LogP contribution in [0.5, 0.6) is 0 Å². The third kappa shape index (κ3) is 3.65. The van der Waals surface area contributed by atoms with E-state index in [9.17, 15) is 14.9 Å². The lowest BCUT2D eigenvalue weighted by Gasteiger charge is -2.06. The summed E-state index contributed by atoms with van der Waals surface area (Å²) in [4.78, 5) is 27.6. The molecule has 0 radical (unpaired) electrons. The van der Waals surface area contributed by atoms with Crippen LogP contribution in [0.1, 0.15) is 27.0 Å². The predicted octanol–water partition coefficient (Wildman–Crippen LogP) is 5.58. The Kier molecular flexibility index (Phi) is 4.79. The Labute approximate surface area is 172 Å². The molecule has 0 aliphatic carbocycles. The fourth-order valence-corrected chi connectivity index (χ4v) is 3.15. The molecule has 4 aromatic rings. The first-order valence-corrected chi connectivity index (χ1v) is 9.36. The normalized spacial score (nSPS) is 10.9. The van der Waals surface area contributed by atoms with Crippen LogP contribution in [-0.4, -0.2) is 15.8 Å². The molecule has 1 N–H and O–H groups in total. The fourth-order valence-electron chi connectivity index (χ4n) is 3.15. The van der Waals surface area contributed by atoms with Crippen LogP contribution in [0.4, 0.5) is 11.4 Å². The molecule has 7 nitrogen and oxygen atoms in total. The lowest BCUT2D eigenvalue weighted by Crippen LogP contribution is -2.12. The molecule has 0 aliphatic rings. The number of nitrogens with zero attached hydrogens (tertiary/aromatic N) is 2. The highest BCUT2D eigenvalue weighted by molar-refractivity contribution is 6.04. The van der Waals surface area contributed by atoms with Crippen molar-refractivity contribution in [3.8, 4) is 11.5 Å². The number of amides is 1. The molecule has 0 saturated carbocycles. The van der Waals surface area contributed by atoms with E-state index in [-0.39, 0.29) is 11.3 Å². The molecule has 30 heavy (non-hydrogen) atoms. The van der Waals surface area contributed by atoms with E-state index in [1.807, 2.05) is 26.0 Å². The molecule has 0 unspecified atom stereocenters. The van der Waals surface area contributed by atoms with E-state index in [1.54, 1.807) is 43.3 Å². The van der Waals surface area contributed by atoms with Crippen molar-refractivity contribution < 1.29 is 14.1 Å². The maximum absolute atomic E-state index is 12.5. The average Bonchev–Trinajstić information content (AvgIpc) is 3.11. The van der Waals surface area contributed by atoms with Gasteiger partial charge in [0.2, 0.25) is 5.89 Å². The number of carbonyl (C=O) groups is 1. The Morgan fingerprint density at radius 3 is 2.37 bits per heavy atom. The monoisotopic (exact) mass is 401 g/mol. The van der Waals surface area contributed by atoms with Gasteiger partial charge in [-0.2, -0.15) is 0 Å². The molecule has 150 valence electrons. The number of nitrogens with one attached hydrogen (secondary N) is 1. The Morgan fingerprint density at radius 1 is 0.967 bits per heavy atom. The van der Waals surface area contributed by atoms with Gasteiger partial charge in [0.1, 0.15) is 5.52 Å². The second kappa shape index (κ2) is 7.44. The first-order chi connectivity index (χ1) is 14.3. The Balaban J connectivity index is 1.55. The lowest BCUT2D eigenvalue weighted by molar-refractivity contribution is -0.385. The van der Waals surface area contributed by atoms with Crippen LogP contribution in [0.2, 0.25) is 0 Å². The number of oxazole rings is 1. The molecule has 0 spiro atoms. The number of nitro benzene ring substituents is 1. The molecular weight excluding hydrogens is 382 g/mol. The van der Waals surface area contributed by atoms with Crippen LogP contribution in [-0.2, 0) is 0 Å². The van der Waals surface area contributed by atoms with E-state index < -0.39 is 10.8 Å². The summed E-state index contributed by atoms with van der Waals surface area (Å²) in [6.45, 7) is 5.69. The molecule has 4 rings (SSSR count). The molecule has 0 fully saturated rings. The van der Waals surface area contributed by atoms with Crippen molar-refractivity contribution >= 4 is 28.4 Å². The van der Waals surface area contributed by atoms with Crippen molar-refractivity contribution in [3.05, 3.63) is 87.0 Å². The van der Waals surface area contributed by atoms with Crippen molar-refractivity contribution in [1.82, 2.24) is 4.98 Å². The summed E-state index contributed by atoms with van der Waals surface area (Å²) >= 11 is 0. The minimum absolute atomic E-state index is 0.0839. The van der Waals surface area contributed by atoms with E-state index in [4.69, 9.17) is 4.42 Å². The smallest absolute Gasteiger partial charge is 0.273 e. The van der Waals surface area contributed by atoms with E-state index in [1.165, 1.54) is 6.07 Å². The number of aromatic nitrogens is 1. The quantitative estimate of drug-likeness (QED) is 0.355. The van der Waals surface area contributed by atoms with Gasteiger partial charge in [-0.3, -0.25) is 14.9 Å². The SMILES string of the molecule is Cc1cc2nc(-c3ccc(NC(=O)c4ccc(C)c([N+](=O)[O-])c4)cc3)oc2cc1C. The Hall–Kier alpha value is -4.00. The number of carbonyl (C=O) groups excluding carboxylic acids is 1. The van der Waals surface area contributed by atoms with Crippen molar-refractivity contribution in [2.75, 3.05) is 5.32 Å². The largest absolute Gasteiger partial charge is 0.436 e. The van der Waals surface area contributed by atoms with E-state index >= 15 is 0 Å². The topological polar surface area (TPSA) is 98.3 Å². The van der Waals surface area contributed by atoms with Gasteiger partial charge < -0.3 is 9.73 Å². The second-order valence-corrected chi connectivity index (χ2v) is 7.21. The summed E-state index contributed by atoms with van der Waals surface area (Å²) in [6, 6.07) is 15.4. The van der Waals surface area contributed by atoms with Gasteiger partial charge in [-0.05, 0) is 74.4 Å². The molecule has 0 aliphatic heterocycles. The Morgan fingerprint density at radius 2 is 1.67 bits per heavy atom. The van der Waals surface area contributed by atoms with Crippen molar-refractivity contribution in [1.29, 1.82) is 0 Å². The number of hydrogen-bond acceptors (Lipinski definition) is 5. The van der Waals surface area contributed by atoms with Gasteiger partial charge in [-0.15, -0.1) is 0 Å². The zero-order valence-electron chi connectivity index (χ0n) is 16.7. The van der Waals surface area contributed by atoms with Crippen LogP contribution >= 0.6 is 0 Å². The average molecular weight is 401 g/mol. The predicted molar refractivity (Wildman–Crippen MR) is 115 cm³/mol. The number of hydrogen-bond donors (Lipinski definition) is 1. The maximum Gasteiger partial charge on any atom is 0.273 e. The second-order valence-electron chi connectivity index (χ2n) is 7.21. The molecule has 1 aromatic heterocycles. The minimum Gasteiger partial charge on any atom is -0.436 e. The summed E-state index contributed by atoms with van der Waals surface area (Å²) in [5, 5.41) is 13.8. The summed E-state index contributed by atoms with van der Waals surface area (Å²) < 4.78 is 5.86. The van der Waals surface area contributed by atoms with E-state index in [0.29, 0.717) is 17.1 Å². The van der Waals surface area contributed by atoms with Gasteiger partial charge in [-0.1, -0.05) is 6.07 Å². The van der Waals surface area contributed by atoms with Gasteiger partial charge in [-0.25, -0.2) is 4.98 Å². The molecule has 1 amide bonds. The number of aryl methyl sites for hydroxylation is 3. The van der Waals surface area contributed by atoms with Gasteiger partial charge in [0.05, 0.1) is 4.92 Å². The molecule has 1 heterocycles. The number of anilines is 1. The zero-order chi connectivity index (χ0) is 21.4. The maximum atomic E-state index is 12.5. The summed E-state index contributed by atoms with van der Waals surface area (Å²) in [7, 11) is 0. The molecule has 3 aromatic carbocycles. The molecule has 0 bridgehead atoms. The fraction of sp³-hybridized carbons (Fsp3) is 0.130. The summed E-state index contributed by atoms with van der Waals surface area (Å²) in [5.41, 5.74) is 5.81. The number of fused-ring (bicyclic) bond motifs is 1. The molecule has 0 saturated heterocycles. The zero-order valence-corrected chi connectivity index (χ0v) is 16.7. The Bertz CT molecular complexity index is 1250. The van der Waals surface area contributed by atoms with Crippen molar-refractivity contribution in [2.45, 2.75) is 20.8 Å². The molecule has 0 atom stereocenters. The third-order valence-electron chi connectivity index (χ3n) is 5.06. The van der Waals surface area contributed by atoms with Crippen LogP contribution in [0.25, 0.3) is 22.6 Å². The van der Waals surface area contributed by atoms with Crippen LogP contribution in [0, 0.1) is 30.9 Å². The minimum atomic E-state index is -0.496. The van der Waals surface area contributed by atoms with Crippen LogP contribution in [0.15, 0.2) is 59.0 Å².